The van der Waals surface area contributed by atoms with Crippen LogP contribution in [0.15, 0.2) is 29.2 Å². The summed E-state index contributed by atoms with van der Waals surface area (Å²) in [5.41, 5.74) is 1.22. The zero-order valence-electron chi connectivity index (χ0n) is 10.9. The van der Waals surface area contributed by atoms with Gasteiger partial charge in [0.05, 0.1) is 4.90 Å². The average molecular weight is 267 g/mol. The number of hydrogen-bond donors (Lipinski definition) is 0. The van der Waals surface area contributed by atoms with Gasteiger partial charge in [0.15, 0.2) is 9.84 Å². The van der Waals surface area contributed by atoms with Gasteiger partial charge in [-0.15, -0.1) is 0 Å². The summed E-state index contributed by atoms with van der Waals surface area (Å²) in [4.78, 5) is 2.90. The van der Waals surface area contributed by atoms with Crippen molar-refractivity contribution >= 4 is 9.84 Å². The molecule has 0 aromatic heterocycles. The van der Waals surface area contributed by atoms with E-state index >= 15 is 0 Å². The fourth-order valence-corrected chi connectivity index (χ4v) is 3.00. The van der Waals surface area contributed by atoms with Crippen LogP contribution >= 0.6 is 0 Å². The predicted molar refractivity (Wildman–Crippen MR) is 73.5 cm³/mol. The van der Waals surface area contributed by atoms with Crippen LogP contribution in [-0.2, 0) is 16.3 Å². The van der Waals surface area contributed by atoms with Gasteiger partial charge in [0.25, 0.3) is 0 Å². The molecule has 1 fully saturated rings. The first kappa shape index (κ1) is 13.6. The van der Waals surface area contributed by atoms with Crippen LogP contribution in [0.25, 0.3) is 0 Å². The molecule has 100 valence electrons. The summed E-state index contributed by atoms with van der Waals surface area (Å²) in [5, 5.41) is 0. The summed E-state index contributed by atoms with van der Waals surface area (Å²) in [7, 11) is -3.07. The van der Waals surface area contributed by atoms with Crippen LogP contribution in [0.2, 0.25) is 0 Å². The summed E-state index contributed by atoms with van der Waals surface area (Å²) in [5.74, 6) is 0. The molecule has 0 bridgehead atoms. The smallest absolute Gasteiger partial charge is 0.175 e. The largest absolute Gasteiger partial charge is 0.303 e. The fourth-order valence-electron chi connectivity index (χ4n) is 2.37. The lowest BCUT2D eigenvalue weighted by molar-refractivity contribution is 0.231. The van der Waals surface area contributed by atoms with Crippen LogP contribution in [0, 0.1) is 0 Å². The second kappa shape index (κ2) is 5.85. The predicted octanol–water partition coefficient (Wildman–Crippen LogP) is 2.12. The first-order chi connectivity index (χ1) is 8.55. The molecule has 1 aliphatic heterocycles. The molecule has 1 aromatic rings. The van der Waals surface area contributed by atoms with Gasteiger partial charge in [-0.25, -0.2) is 8.42 Å². The molecular formula is C14H21NO2S. The molecule has 0 spiro atoms. The highest BCUT2D eigenvalue weighted by Gasteiger charge is 2.10. The Balaban J connectivity index is 1.90. The van der Waals surface area contributed by atoms with Crippen molar-refractivity contribution in [2.75, 3.05) is 25.9 Å². The van der Waals surface area contributed by atoms with Crippen molar-refractivity contribution in [1.82, 2.24) is 4.90 Å². The molecule has 4 heteroatoms. The van der Waals surface area contributed by atoms with E-state index in [1.54, 1.807) is 12.1 Å². The van der Waals surface area contributed by atoms with Gasteiger partial charge in [-0.3, -0.25) is 0 Å². The molecule has 0 N–H and O–H groups in total. The summed E-state index contributed by atoms with van der Waals surface area (Å²) in [6.07, 6.45) is 6.24. The quantitative estimate of drug-likeness (QED) is 0.838. The van der Waals surface area contributed by atoms with E-state index < -0.39 is 9.84 Å². The minimum Gasteiger partial charge on any atom is -0.303 e. The number of sulfone groups is 1. The van der Waals surface area contributed by atoms with Crippen molar-refractivity contribution in [2.24, 2.45) is 0 Å². The summed E-state index contributed by atoms with van der Waals surface area (Å²) in [6.45, 7) is 3.50. The molecule has 0 amide bonds. The maximum atomic E-state index is 11.3. The van der Waals surface area contributed by atoms with E-state index in [0.29, 0.717) is 4.90 Å². The zero-order chi connectivity index (χ0) is 13.0. The number of benzene rings is 1. The highest BCUT2D eigenvalue weighted by Crippen LogP contribution is 2.13. The second-order valence-corrected chi connectivity index (χ2v) is 7.08. The van der Waals surface area contributed by atoms with Gasteiger partial charge >= 0.3 is 0 Å². The Morgan fingerprint density at radius 3 is 2.22 bits per heavy atom. The Morgan fingerprint density at radius 1 is 1.06 bits per heavy atom. The van der Waals surface area contributed by atoms with Gasteiger partial charge in [0.1, 0.15) is 0 Å². The lowest BCUT2D eigenvalue weighted by Gasteiger charge is -2.26. The lowest BCUT2D eigenvalue weighted by Crippen LogP contribution is -2.31. The number of nitrogens with zero attached hydrogens (tertiary/aromatic N) is 1. The number of piperidine rings is 1. The number of hydrogen-bond acceptors (Lipinski definition) is 3. The standard InChI is InChI=1S/C14H21NO2S/c1-18(16,17)14-7-5-13(6-8-14)9-12-15-10-3-2-4-11-15/h5-8H,2-4,9-12H2,1H3. The highest BCUT2D eigenvalue weighted by molar-refractivity contribution is 7.90. The van der Waals surface area contributed by atoms with Crippen LogP contribution in [0.1, 0.15) is 24.8 Å². The summed E-state index contributed by atoms with van der Waals surface area (Å²) >= 11 is 0. The van der Waals surface area contributed by atoms with Crippen molar-refractivity contribution in [1.29, 1.82) is 0 Å². The average Bonchev–Trinajstić information content (AvgIpc) is 2.37. The van der Waals surface area contributed by atoms with Crippen LogP contribution in [0.5, 0.6) is 0 Å². The molecule has 0 aliphatic carbocycles. The van der Waals surface area contributed by atoms with Crippen LogP contribution in [-0.4, -0.2) is 39.2 Å². The Morgan fingerprint density at radius 2 is 1.67 bits per heavy atom. The Hall–Kier alpha value is -0.870. The first-order valence-electron chi connectivity index (χ1n) is 6.57. The maximum Gasteiger partial charge on any atom is 0.175 e. The molecule has 0 saturated carbocycles. The molecule has 0 radical (unpaired) electrons. The summed E-state index contributed by atoms with van der Waals surface area (Å²) < 4.78 is 22.7. The van der Waals surface area contributed by atoms with Gasteiger partial charge in [0, 0.05) is 12.8 Å². The van der Waals surface area contributed by atoms with Gasteiger partial charge in [-0.05, 0) is 50.0 Å². The van der Waals surface area contributed by atoms with Gasteiger partial charge in [-0.2, -0.15) is 0 Å². The molecule has 1 saturated heterocycles. The number of likely N-dealkylation sites (tertiary alicyclic amines) is 1. The molecule has 1 aromatic carbocycles. The lowest BCUT2D eigenvalue weighted by atomic mass is 10.1. The first-order valence-corrected chi connectivity index (χ1v) is 8.46. The van der Waals surface area contributed by atoms with E-state index in [1.807, 2.05) is 12.1 Å². The second-order valence-electron chi connectivity index (χ2n) is 5.07. The van der Waals surface area contributed by atoms with E-state index in [2.05, 4.69) is 4.90 Å². The molecule has 1 aliphatic rings. The van der Waals surface area contributed by atoms with Gasteiger partial charge < -0.3 is 4.90 Å². The van der Waals surface area contributed by atoms with Crippen molar-refractivity contribution in [3.8, 4) is 0 Å². The third kappa shape index (κ3) is 3.82. The van der Waals surface area contributed by atoms with Gasteiger partial charge in [-0.1, -0.05) is 18.6 Å². The monoisotopic (exact) mass is 267 g/mol. The fraction of sp³-hybridized carbons (Fsp3) is 0.571. The van der Waals surface area contributed by atoms with Crippen LogP contribution < -0.4 is 0 Å². The molecule has 1 heterocycles. The van der Waals surface area contributed by atoms with Crippen molar-refractivity contribution in [2.45, 2.75) is 30.6 Å². The molecule has 0 atom stereocenters. The van der Waals surface area contributed by atoms with E-state index in [9.17, 15) is 8.42 Å². The van der Waals surface area contributed by atoms with Crippen LogP contribution in [0.3, 0.4) is 0 Å². The SMILES string of the molecule is CS(=O)(=O)c1ccc(CCN2CCCCC2)cc1. The van der Waals surface area contributed by atoms with E-state index in [1.165, 1.54) is 44.2 Å². The Labute approximate surface area is 110 Å². The number of rotatable bonds is 4. The maximum absolute atomic E-state index is 11.3. The third-order valence-corrected chi connectivity index (χ3v) is 4.65. The Bertz CT molecular complexity index is 473. The topological polar surface area (TPSA) is 37.4 Å². The van der Waals surface area contributed by atoms with Crippen molar-refractivity contribution in [3.63, 3.8) is 0 Å². The summed E-state index contributed by atoms with van der Waals surface area (Å²) in [6, 6.07) is 7.28. The molecule has 3 nitrogen and oxygen atoms in total. The zero-order valence-corrected chi connectivity index (χ0v) is 11.7. The Kier molecular flexibility index (Phi) is 4.40. The van der Waals surface area contributed by atoms with E-state index in [0.717, 1.165) is 13.0 Å². The van der Waals surface area contributed by atoms with Crippen molar-refractivity contribution in [3.05, 3.63) is 29.8 Å². The molecule has 18 heavy (non-hydrogen) atoms. The van der Waals surface area contributed by atoms with Crippen molar-refractivity contribution < 1.29 is 8.42 Å². The van der Waals surface area contributed by atoms with Crippen LogP contribution in [0.4, 0.5) is 0 Å². The highest BCUT2D eigenvalue weighted by atomic mass is 32.2. The normalized spacial score (nSPS) is 17.8. The van der Waals surface area contributed by atoms with E-state index in [-0.39, 0.29) is 0 Å². The minimum atomic E-state index is -3.07. The minimum absolute atomic E-state index is 0.407. The third-order valence-electron chi connectivity index (χ3n) is 3.52. The molecule has 2 rings (SSSR count). The molecule has 0 unspecified atom stereocenters. The molecular weight excluding hydrogens is 246 g/mol. The van der Waals surface area contributed by atoms with E-state index in [4.69, 9.17) is 0 Å². The van der Waals surface area contributed by atoms with Gasteiger partial charge in [0.2, 0.25) is 0 Å².